The molecule has 16 heavy (non-hydrogen) atoms. The van der Waals surface area contributed by atoms with Gasteiger partial charge in [-0.05, 0) is 30.7 Å². The maximum absolute atomic E-state index is 12.0. The van der Waals surface area contributed by atoms with E-state index >= 15 is 0 Å². The van der Waals surface area contributed by atoms with Crippen LogP contribution in [0.3, 0.4) is 0 Å². The van der Waals surface area contributed by atoms with Crippen LogP contribution in [-0.4, -0.2) is 30.9 Å². The molecule has 0 saturated heterocycles. The van der Waals surface area contributed by atoms with Gasteiger partial charge in [0.2, 0.25) is 0 Å². The van der Waals surface area contributed by atoms with E-state index in [0.29, 0.717) is 24.6 Å². The van der Waals surface area contributed by atoms with Crippen molar-refractivity contribution in [3.05, 3.63) is 34.3 Å². The molecule has 0 fully saturated rings. The minimum absolute atomic E-state index is 0.0293. The van der Waals surface area contributed by atoms with E-state index < -0.39 is 0 Å². The molecule has 1 rings (SSSR count). The molecule has 0 aromatic heterocycles. The van der Waals surface area contributed by atoms with Crippen LogP contribution in [0.2, 0.25) is 0 Å². The largest absolute Gasteiger partial charge is 0.341 e. The fourth-order valence-electron chi connectivity index (χ4n) is 1.47. The van der Waals surface area contributed by atoms with Crippen molar-refractivity contribution in [2.45, 2.75) is 6.92 Å². The molecular formula is C12H17BrN2O. The summed E-state index contributed by atoms with van der Waals surface area (Å²) < 4.78 is 0.915. The van der Waals surface area contributed by atoms with E-state index in [9.17, 15) is 4.79 Å². The quantitative estimate of drug-likeness (QED) is 0.921. The summed E-state index contributed by atoms with van der Waals surface area (Å²) in [5.41, 5.74) is 6.23. The number of carbonyl (C=O) groups is 1. The van der Waals surface area contributed by atoms with E-state index in [0.717, 1.165) is 4.47 Å². The molecule has 0 heterocycles. The van der Waals surface area contributed by atoms with Crippen molar-refractivity contribution in [1.82, 2.24) is 4.90 Å². The van der Waals surface area contributed by atoms with Crippen LogP contribution in [0.5, 0.6) is 0 Å². The van der Waals surface area contributed by atoms with E-state index in [1.165, 1.54) is 0 Å². The van der Waals surface area contributed by atoms with Crippen molar-refractivity contribution in [3.8, 4) is 0 Å². The zero-order valence-electron chi connectivity index (χ0n) is 9.61. The Morgan fingerprint density at radius 3 is 2.81 bits per heavy atom. The molecule has 4 heteroatoms. The number of nitrogens with zero attached hydrogens (tertiary/aromatic N) is 1. The number of benzene rings is 1. The van der Waals surface area contributed by atoms with E-state index in [4.69, 9.17) is 5.73 Å². The van der Waals surface area contributed by atoms with Crippen LogP contribution < -0.4 is 5.73 Å². The Morgan fingerprint density at radius 1 is 1.56 bits per heavy atom. The van der Waals surface area contributed by atoms with Crippen LogP contribution in [0.15, 0.2) is 28.7 Å². The van der Waals surface area contributed by atoms with Crippen LogP contribution in [0.4, 0.5) is 0 Å². The highest BCUT2D eigenvalue weighted by Crippen LogP contribution is 2.13. The Hall–Kier alpha value is -0.870. The summed E-state index contributed by atoms with van der Waals surface area (Å²) in [6.45, 7) is 3.31. The lowest BCUT2D eigenvalue weighted by molar-refractivity contribution is 0.0777. The van der Waals surface area contributed by atoms with Crippen LogP contribution >= 0.6 is 15.9 Å². The number of hydrogen-bond donors (Lipinski definition) is 1. The summed E-state index contributed by atoms with van der Waals surface area (Å²) in [7, 11) is 1.80. The summed E-state index contributed by atoms with van der Waals surface area (Å²) in [4.78, 5) is 13.7. The van der Waals surface area contributed by atoms with Gasteiger partial charge in [-0.1, -0.05) is 28.9 Å². The zero-order chi connectivity index (χ0) is 12.1. The van der Waals surface area contributed by atoms with Gasteiger partial charge < -0.3 is 10.6 Å². The van der Waals surface area contributed by atoms with Gasteiger partial charge in [0.25, 0.3) is 5.91 Å². The van der Waals surface area contributed by atoms with Gasteiger partial charge in [-0.3, -0.25) is 4.79 Å². The highest BCUT2D eigenvalue weighted by atomic mass is 79.9. The Bertz CT molecular complexity index is 368. The highest BCUT2D eigenvalue weighted by Gasteiger charge is 2.13. The van der Waals surface area contributed by atoms with Crippen molar-refractivity contribution in [1.29, 1.82) is 0 Å². The third-order valence-corrected chi connectivity index (χ3v) is 2.90. The van der Waals surface area contributed by atoms with E-state index in [1.54, 1.807) is 11.9 Å². The molecule has 0 saturated carbocycles. The summed E-state index contributed by atoms with van der Waals surface area (Å²) >= 11 is 3.35. The summed E-state index contributed by atoms with van der Waals surface area (Å²) in [6, 6.07) is 7.40. The van der Waals surface area contributed by atoms with Gasteiger partial charge in [0.05, 0.1) is 0 Å². The van der Waals surface area contributed by atoms with Crippen LogP contribution in [0.25, 0.3) is 0 Å². The Balaban J connectivity index is 2.70. The predicted octanol–water partition coefficient (Wildman–Crippen LogP) is 2.12. The average molecular weight is 285 g/mol. The Kier molecular flexibility index (Phi) is 4.96. The molecule has 0 aliphatic heterocycles. The lowest BCUT2D eigenvalue weighted by Crippen LogP contribution is -2.33. The van der Waals surface area contributed by atoms with Gasteiger partial charge >= 0.3 is 0 Å². The van der Waals surface area contributed by atoms with Gasteiger partial charge in [-0.25, -0.2) is 0 Å². The summed E-state index contributed by atoms with van der Waals surface area (Å²) in [5, 5.41) is 0. The van der Waals surface area contributed by atoms with Crippen LogP contribution in [-0.2, 0) is 0 Å². The molecule has 1 unspecified atom stereocenters. The van der Waals surface area contributed by atoms with Crippen molar-refractivity contribution >= 4 is 21.8 Å². The molecule has 1 aromatic rings. The first-order valence-corrected chi connectivity index (χ1v) is 6.05. The molecule has 2 N–H and O–H groups in total. The molecule has 0 radical (unpaired) electrons. The van der Waals surface area contributed by atoms with Gasteiger partial charge in [0.15, 0.2) is 0 Å². The number of nitrogens with two attached hydrogens (primary N) is 1. The van der Waals surface area contributed by atoms with E-state index in [1.807, 2.05) is 31.2 Å². The van der Waals surface area contributed by atoms with E-state index in [2.05, 4.69) is 15.9 Å². The maximum Gasteiger partial charge on any atom is 0.253 e. The molecule has 1 amide bonds. The van der Waals surface area contributed by atoms with Gasteiger partial charge in [0.1, 0.15) is 0 Å². The SMILES string of the molecule is CC(CN)CN(C)C(=O)c1cccc(Br)c1. The smallest absolute Gasteiger partial charge is 0.253 e. The molecule has 1 atom stereocenters. The van der Waals surface area contributed by atoms with E-state index in [-0.39, 0.29) is 5.91 Å². The number of carbonyl (C=O) groups excluding carboxylic acids is 1. The molecule has 88 valence electrons. The van der Waals surface area contributed by atoms with Gasteiger partial charge in [0, 0.05) is 23.6 Å². The minimum atomic E-state index is 0.0293. The van der Waals surface area contributed by atoms with Crippen molar-refractivity contribution < 1.29 is 4.79 Å². The van der Waals surface area contributed by atoms with Crippen LogP contribution in [0.1, 0.15) is 17.3 Å². The minimum Gasteiger partial charge on any atom is -0.341 e. The monoisotopic (exact) mass is 284 g/mol. The molecular weight excluding hydrogens is 268 g/mol. The fourth-order valence-corrected chi connectivity index (χ4v) is 1.87. The normalized spacial score (nSPS) is 12.2. The number of halogens is 1. The summed E-state index contributed by atoms with van der Waals surface area (Å²) in [6.07, 6.45) is 0. The number of hydrogen-bond acceptors (Lipinski definition) is 2. The third-order valence-electron chi connectivity index (χ3n) is 2.41. The predicted molar refractivity (Wildman–Crippen MR) is 69.3 cm³/mol. The summed E-state index contributed by atoms with van der Waals surface area (Å²) in [5.74, 6) is 0.350. The maximum atomic E-state index is 12.0. The Labute approximate surface area is 105 Å². The number of rotatable bonds is 4. The second kappa shape index (κ2) is 6.01. The average Bonchev–Trinajstić information content (AvgIpc) is 2.27. The lowest BCUT2D eigenvalue weighted by Gasteiger charge is -2.20. The first-order chi connectivity index (χ1) is 7.54. The second-order valence-electron chi connectivity index (χ2n) is 4.04. The Morgan fingerprint density at radius 2 is 2.25 bits per heavy atom. The molecule has 3 nitrogen and oxygen atoms in total. The number of amides is 1. The molecule has 0 aliphatic carbocycles. The topological polar surface area (TPSA) is 46.3 Å². The fraction of sp³-hybridized carbons (Fsp3) is 0.417. The first-order valence-electron chi connectivity index (χ1n) is 5.25. The highest BCUT2D eigenvalue weighted by molar-refractivity contribution is 9.10. The first kappa shape index (κ1) is 13.2. The van der Waals surface area contributed by atoms with Crippen molar-refractivity contribution in [3.63, 3.8) is 0 Å². The van der Waals surface area contributed by atoms with Gasteiger partial charge in [-0.2, -0.15) is 0 Å². The van der Waals surface area contributed by atoms with Gasteiger partial charge in [-0.15, -0.1) is 0 Å². The zero-order valence-corrected chi connectivity index (χ0v) is 11.2. The standard InChI is InChI=1S/C12H17BrN2O/c1-9(7-14)8-15(2)12(16)10-4-3-5-11(13)6-10/h3-6,9H,7-8,14H2,1-2H3. The van der Waals surface area contributed by atoms with Crippen molar-refractivity contribution in [2.24, 2.45) is 11.7 Å². The third kappa shape index (κ3) is 3.61. The molecule has 0 aliphatic rings. The molecule has 0 spiro atoms. The van der Waals surface area contributed by atoms with Crippen molar-refractivity contribution in [2.75, 3.05) is 20.1 Å². The molecule has 0 bridgehead atoms. The lowest BCUT2D eigenvalue weighted by atomic mass is 10.1. The molecule has 1 aromatic carbocycles. The van der Waals surface area contributed by atoms with Crippen LogP contribution in [0, 0.1) is 5.92 Å². The second-order valence-corrected chi connectivity index (χ2v) is 4.95.